The SMILES string of the molecule is COC(=O)CNC(=O)C(c1cc(C)ccc1C)N(C(=O)C(Cc1ccc(O)cc1)NC(=O)OC(C)(C)C)C1CC1. The molecule has 2 aromatic rings. The maximum absolute atomic E-state index is 14.3. The lowest BCUT2D eigenvalue weighted by Crippen LogP contribution is -2.54. The third-order valence-corrected chi connectivity index (χ3v) is 6.45. The number of nitrogens with zero attached hydrogens (tertiary/aromatic N) is 1. The van der Waals surface area contributed by atoms with Crippen molar-refractivity contribution in [3.63, 3.8) is 0 Å². The number of aryl methyl sites for hydroxylation is 2. The van der Waals surface area contributed by atoms with Crippen LogP contribution in [0.1, 0.15) is 61.9 Å². The normalized spacial score (nSPS) is 14.4. The Morgan fingerprint density at radius 3 is 2.27 bits per heavy atom. The highest BCUT2D eigenvalue weighted by molar-refractivity contribution is 5.94. The maximum atomic E-state index is 14.3. The predicted octanol–water partition coefficient (Wildman–Crippen LogP) is 3.47. The van der Waals surface area contributed by atoms with Crippen LogP contribution in [-0.4, -0.2) is 65.2 Å². The standard InChI is InChI=1S/C30H39N3O7/c1-18-7-8-19(2)23(15-18)26(27(36)31-17-25(35)39-6)33(21-11-12-21)28(37)24(32-29(38)40-30(3,4)5)16-20-9-13-22(34)14-10-20/h7-10,13-15,21,24,26,34H,11-12,16-17H2,1-6H3,(H,31,36)(H,32,38). The van der Waals surface area contributed by atoms with Gasteiger partial charge < -0.3 is 30.1 Å². The van der Waals surface area contributed by atoms with Gasteiger partial charge in [-0.3, -0.25) is 14.4 Å². The van der Waals surface area contributed by atoms with E-state index in [0.717, 1.165) is 11.1 Å². The molecule has 3 rings (SSSR count). The molecular weight excluding hydrogens is 514 g/mol. The molecule has 0 heterocycles. The molecule has 216 valence electrons. The first kappa shape index (κ1) is 30.5. The summed E-state index contributed by atoms with van der Waals surface area (Å²) in [5, 5.41) is 15.0. The molecule has 0 bridgehead atoms. The number of aromatic hydroxyl groups is 1. The minimum absolute atomic E-state index is 0.0728. The molecule has 2 unspecified atom stereocenters. The van der Waals surface area contributed by atoms with Gasteiger partial charge in [-0.25, -0.2) is 4.79 Å². The van der Waals surface area contributed by atoms with Crippen LogP contribution in [0, 0.1) is 13.8 Å². The number of carbonyl (C=O) groups is 4. The molecule has 0 aromatic heterocycles. The lowest BCUT2D eigenvalue weighted by Gasteiger charge is -2.35. The molecule has 3 amide bonds. The lowest BCUT2D eigenvalue weighted by molar-refractivity contribution is -0.145. The fraction of sp³-hybridized carbons (Fsp3) is 0.467. The zero-order valence-corrected chi connectivity index (χ0v) is 23.9. The number of ether oxygens (including phenoxy) is 2. The molecule has 0 aliphatic heterocycles. The minimum Gasteiger partial charge on any atom is -0.508 e. The van der Waals surface area contributed by atoms with E-state index >= 15 is 0 Å². The molecule has 0 radical (unpaired) electrons. The fourth-order valence-corrected chi connectivity index (χ4v) is 4.37. The fourth-order valence-electron chi connectivity index (χ4n) is 4.37. The Hall–Kier alpha value is -4.08. The Bertz CT molecular complexity index is 1230. The number of nitrogens with one attached hydrogen (secondary N) is 2. The summed E-state index contributed by atoms with van der Waals surface area (Å²) in [4.78, 5) is 54.2. The van der Waals surface area contributed by atoms with Crippen molar-refractivity contribution in [1.82, 2.24) is 15.5 Å². The van der Waals surface area contributed by atoms with Crippen LogP contribution < -0.4 is 10.6 Å². The summed E-state index contributed by atoms with van der Waals surface area (Å²) in [6, 6.07) is 9.65. The predicted molar refractivity (Wildman–Crippen MR) is 149 cm³/mol. The summed E-state index contributed by atoms with van der Waals surface area (Å²) in [6.45, 7) is 8.58. The van der Waals surface area contributed by atoms with Gasteiger partial charge in [-0.05, 0) is 76.3 Å². The number of carbonyl (C=O) groups excluding carboxylic acids is 4. The van der Waals surface area contributed by atoms with Gasteiger partial charge in [0.25, 0.3) is 0 Å². The molecule has 0 spiro atoms. The first-order chi connectivity index (χ1) is 18.8. The molecule has 1 fully saturated rings. The summed E-state index contributed by atoms with van der Waals surface area (Å²) in [5.74, 6) is -1.53. The quantitative estimate of drug-likeness (QED) is 0.384. The van der Waals surface area contributed by atoms with Crippen molar-refractivity contribution in [2.24, 2.45) is 0 Å². The molecule has 10 heteroatoms. The van der Waals surface area contributed by atoms with E-state index in [4.69, 9.17) is 4.74 Å². The molecule has 10 nitrogen and oxygen atoms in total. The van der Waals surface area contributed by atoms with E-state index in [-0.39, 0.29) is 24.8 Å². The van der Waals surface area contributed by atoms with Gasteiger partial charge in [-0.1, -0.05) is 35.9 Å². The van der Waals surface area contributed by atoms with Crippen molar-refractivity contribution in [2.45, 2.75) is 77.6 Å². The van der Waals surface area contributed by atoms with Crippen molar-refractivity contribution in [1.29, 1.82) is 0 Å². The highest BCUT2D eigenvalue weighted by Gasteiger charge is 2.44. The molecule has 40 heavy (non-hydrogen) atoms. The number of amides is 3. The Labute approximate surface area is 235 Å². The molecule has 0 saturated heterocycles. The van der Waals surface area contributed by atoms with Crippen LogP contribution in [0.2, 0.25) is 0 Å². The molecule has 2 atom stereocenters. The number of hydrogen-bond acceptors (Lipinski definition) is 7. The summed E-state index contributed by atoms with van der Waals surface area (Å²) in [5.41, 5.74) is 2.24. The molecule has 3 N–H and O–H groups in total. The number of hydrogen-bond donors (Lipinski definition) is 3. The van der Waals surface area contributed by atoms with Crippen molar-refractivity contribution >= 4 is 23.9 Å². The largest absolute Gasteiger partial charge is 0.508 e. The van der Waals surface area contributed by atoms with Crippen molar-refractivity contribution in [3.8, 4) is 5.75 Å². The highest BCUT2D eigenvalue weighted by Crippen LogP contribution is 2.37. The Morgan fingerprint density at radius 2 is 1.70 bits per heavy atom. The second-order valence-electron chi connectivity index (χ2n) is 11.1. The first-order valence-electron chi connectivity index (χ1n) is 13.3. The topological polar surface area (TPSA) is 134 Å². The Balaban J connectivity index is 2.04. The summed E-state index contributed by atoms with van der Waals surface area (Å²) in [6.07, 6.45) is 0.718. The number of esters is 1. The summed E-state index contributed by atoms with van der Waals surface area (Å²) < 4.78 is 10.1. The van der Waals surface area contributed by atoms with Gasteiger partial charge in [0.2, 0.25) is 11.8 Å². The van der Waals surface area contributed by atoms with Gasteiger partial charge in [-0.15, -0.1) is 0 Å². The lowest BCUT2D eigenvalue weighted by atomic mass is 9.95. The number of methoxy groups -OCH3 is 1. The number of benzene rings is 2. The molecule has 2 aromatic carbocycles. The summed E-state index contributed by atoms with van der Waals surface area (Å²) in [7, 11) is 1.23. The van der Waals surface area contributed by atoms with Crippen LogP contribution in [0.3, 0.4) is 0 Å². The minimum atomic E-state index is -1.07. The van der Waals surface area contributed by atoms with E-state index in [1.54, 1.807) is 32.9 Å². The third-order valence-electron chi connectivity index (χ3n) is 6.45. The van der Waals surface area contributed by atoms with E-state index in [2.05, 4.69) is 15.4 Å². The second-order valence-corrected chi connectivity index (χ2v) is 11.1. The van der Waals surface area contributed by atoms with E-state index < -0.39 is 41.6 Å². The van der Waals surface area contributed by atoms with E-state index in [1.165, 1.54) is 24.1 Å². The Morgan fingerprint density at radius 1 is 1.05 bits per heavy atom. The number of phenolic OH excluding ortho intramolecular Hbond substituents is 1. The van der Waals surface area contributed by atoms with Crippen LogP contribution in [0.15, 0.2) is 42.5 Å². The van der Waals surface area contributed by atoms with E-state index in [0.29, 0.717) is 24.0 Å². The third kappa shape index (κ3) is 8.46. The van der Waals surface area contributed by atoms with Gasteiger partial charge >= 0.3 is 12.1 Å². The maximum Gasteiger partial charge on any atom is 0.408 e. The summed E-state index contributed by atoms with van der Waals surface area (Å²) >= 11 is 0. The molecule has 1 aliphatic rings. The highest BCUT2D eigenvalue weighted by atomic mass is 16.6. The van der Waals surface area contributed by atoms with Gasteiger partial charge in [0.15, 0.2) is 0 Å². The van der Waals surface area contributed by atoms with Crippen molar-refractivity contribution in [3.05, 3.63) is 64.7 Å². The van der Waals surface area contributed by atoms with Crippen LogP contribution in [-0.2, 0) is 30.3 Å². The van der Waals surface area contributed by atoms with Crippen LogP contribution in [0.4, 0.5) is 4.79 Å². The molecule has 1 aliphatic carbocycles. The number of alkyl carbamates (subject to hydrolysis) is 1. The van der Waals surface area contributed by atoms with E-state index in [9.17, 15) is 24.3 Å². The van der Waals surface area contributed by atoms with Gasteiger partial charge in [0, 0.05) is 12.5 Å². The first-order valence-corrected chi connectivity index (χ1v) is 13.3. The number of rotatable bonds is 10. The van der Waals surface area contributed by atoms with Gasteiger partial charge in [0.05, 0.1) is 7.11 Å². The van der Waals surface area contributed by atoms with Crippen molar-refractivity contribution < 1.29 is 33.8 Å². The smallest absolute Gasteiger partial charge is 0.408 e. The van der Waals surface area contributed by atoms with Crippen LogP contribution >= 0.6 is 0 Å². The van der Waals surface area contributed by atoms with Crippen molar-refractivity contribution in [2.75, 3.05) is 13.7 Å². The monoisotopic (exact) mass is 553 g/mol. The van der Waals surface area contributed by atoms with Gasteiger partial charge in [0.1, 0.15) is 30.0 Å². The number of phenols is 1. The average molecular weight is 554 g/mol. The average Bonchev–Trinajstić information content (AvgIpc) is 3.71. The zero-order chi connectivity index (χ0) is 29.6. The van der Waals surface area contributed by atoms with Gasteiger partial charge in [-0.2, -0.15) is 0 Å². The van der Waals surface area contributed by atoms with Crippen LogP contribution in [0.25, 0.3) is 0 Å². The van der Waals surface area contributed by atoms with Crippen LogP contribution in [0.5, 0.6) is 5.75 Å². The molecular formula is C30H39N3O7. The zero-order valence-electron chi connectivity index (χ0n) is 23.9. The molecule has 1 saturated carbocycles. The second kappa shape index (κ2) is 12.8. The van der Waals surface area contributed by atoms with E-state index in [1.807, 2.05) is 32.0 Å². The Kier molecular flexibility index (Phi) is 9.78.